The molecule has 5 heteroatoms. The number of hydrogen-bond donors (Lipinski definition) is 2. The Morgan fingerprint density at radius 1 is 1.12 bits per heavy atom. The average molecular weight is 472 g/mol. The SMILES string of the molecule is CCOC[C@@]1(O)CC[C@H]2[C@H](CC[C@@H]3[C@@H]2CC[C@]2(C)[C@@H](C(=O)Nc4ccc(F)cc4C)CC[C@@H]32)C1. The molecule has 188 valence electrons. The van der Waals surface area contributed by atoms with Crippen LogP contribution in [0.2, 0.25) is 0 Å². The third-order valence-electron chi connectivity index (χ3n) is 10.4. The standard InChI is InChI=1S/C29H42FNO3/c1-4-34-17-29(33)14-12-21-19(16-29)5-7-23-22(21)11-13-28(3)24(23)8-9-25(28)27(32)31-26-10-6-20(30)15-18(26)2/h6,10,15,19,21-25,33H,4-5,7-9,11-14,16-17H2,1-3H3,(H,31,32)/t19-,21+,22-,23-,24+,25-,28+,29-/m1/s1. The molecular weight excluding hydrogens is 429 g/mol. The molecule has 0 unspecified atom stereocenters. The molecule has 0 heterocycles. The summed E-state index contributed by atoms with van der Waals surface area (Å²) >= 11 is 0. The lowest BCUT2D eigenvalue weighted by Gasteiger charge is -2.57. The number of fused-ring (bicyclic) bond motifs is 5. The Balaban J connectivity index is 1.27. The second-order valence-corrected chi connectivity index (χ2v) is 12.2. The number of amides is 1. The zero-order valence-electron chi connectivity index (χ0n) is 21.1. The first-order chi connectivity index (χ1) is 16.2. The topological polar surface area (TPSA) is 58.6 Å². The lowest BCUT2D eigenvalue weighted by molar-refractivity contribution is -0.135. The fourth-order valence-electron chi connectivity index (χ4n) is 8.80. The summed E-state index contributed by atoms with van der Waals surface area (Å²) in [4.78, 5) is 13.4. The summed E-state index contributed by atoms with van der Waals surface area (Å²) in [7, 11) is 0. The number of ether oxygens (including phenoxy) is 1. The monoisotopic (exact) mass is 471 g/mol. The number of carbonyl (C=O) groups excluding carboxylic acids is 1. The van der Waals surface area contributed by atoms with Crippen LogP contribution < -0.4 is 5.32 Å². The summed E-state index contributed by atoms with van der Waals surface area (Å²) in [6, 6.07) is 4.59. The van der Waals surface area contributed by atoms with E-state index >= 15 is 0 Å². The van der Waals surface area contributed by atoms with Crippen molar-refractivity contribution in [1.29, 1.82) is 0 Å². The second kappa shape index (κ2) is 9.20. The van der Waals surface area contributed by atoms with Crippen molar-refractivity contribution in [1.82, 2.24) is 0 Å². The predicted octanol–water partition coefficient (Wildman–Crippen LogP) is 6.11. The number of nitrogens with one attached hydrogen (secondary N) is 1. The van der Waals surface area contributed by atoms with Gasteiger partial charge in [-0.2, -0.15) is 0 Å². The predicted molar refractivity (Wildman–Crippen MR) is 132 cm³/mol. The number of benzene rings is 1. The number of carbonyl (C=O) groups is 1. The van der Waals surface area contributed by atoms with E-state index in [-0.39, 0.29) is 23.1 Å². The lowest BCUT2D eigenvalue weighted by Crippen LogP contribution is -2.52. The molecule has 0 aromatic heterocycles. The van der Waals surface area contributed by atoms with Crippen LogP contribution in [0.5, 0.6) is 0 Å². The van der Waals surface area contributed by atoms with E-state index in [0.29, 0.717) is 31.0 Å². The fraction of sp³-hybridized carbons (Fsp3) is 0.759. The fourth-order valence-corrected chi connectivity index (χ4v) is 8.80. The number of rotatable bonds is 5. The molecular formula is C29H42FNO3. The molecule has 1 aromatic rings. The maximum Gasteiger partial charge on any atom is 0.228 e. The molecule has 34 heavy (non-hydrogen) atoms. The molecule has 4 aliphatic rings. The van der Waals surface area contributed by atoms with Gasteiger partial charge in [0.1, 0.15) is 5.82 Å². The summed E-state index contributed by atoms with van der Waals surface area (Å²) < 4.78 is 19.1. The smallest absolute Gasteiger partial charge is 0.228 e. The Bertz CT molecular complexity index is 921. The van der Waals surface area contributed by atoms with E-state index in [1.165, 1.54) is 31.4 Å². The van der Waals surface area contributed by atoms with Crippen molar-refractivity contribution in [2.75, 3.05) is 18.5 Å². The van der Waals surface area contributed by atoms with Crippen molar-refractivity contribution in [2.24, 2.45) is 40.9 Å². The van der Waals surface area contributed by atoms with Gasteiger partial charge < -0.3 is 15.2 Å². The summed E-state index contributed by atoms with van der Waals surface area (Å²) in [5.74, 6) is 3.29. The van der Waals surface area contributed by atoms with E-state index in [2.05, 4.69) is 12.2 Å². The van der Waals surface area contributed by atoms with Crippen LogP contribution in [0.15, 0.2) is 18.2 Å². The highest BCUT2D eigenvalue weighted by molar-refractivity contribution is 5.94. The number of aliphatic hydroxyl groups is 1. The Labute approximate surface area is 204 Å². The summed E-state index contributed by atoms with van der Waals surface area (Å²) in [6.07, 6.45) is 9.75. The van der Waals surface area contributed by atoms with Crippen molar-refractivity contribution >= 4 is 11.6 Å². The highest BCUT2D eigenvalue weighted by atomic mass is 19.1. The van der Waals surface area contributed by atoms with E-state index in [0.717, 1.165) is 61.6 Å². The third kappa shape index (κ3) is 4.21. The maximum absolute atomic E-state index is 13.5. The van der Waals surface area contributed by atoms with Gasteiger partial charge in [-0.1, -0.05) is 6.92 Å². The molecule has 0 radical (unpaired) electrons. The molecule has 1 aromatic carbocycles. The zero-order chi connectivity index (χ0) is 24.1. The van der Waals surface area contributed by atoms with Gasteiger partial charge in [0.15, 0.2) is 0 Å². The first kappa shape index (κ1) is 24.2. The second-order valence-electron chi connectivity index (χ2n) is 12.2. The van der Waals surface area contributed by atoms with E-state index in [9.17, 15) is 14.3 Å². The van der Waals surface area contributed by atoms with Crippen LogP contribution in [0.1, 0.15) is 77.2 Å². The summed E-state index contributed by atoms with van der Waals surface area (Å²) in [5.41, 5.74) is 0.921. The minimum absolute atomic E-state index is 0.0308. The van der Waals surface area contributed by atoms with Crippen LogP contribution in [0.3, 0.4) is 0 Å². The van der Waals surface area contributed by atoms with E-state index in [1.54, 1.807) is 6.07 Å². The largest absolute Gasteiger partial charge is 0.387 e. The van der Waals surface area contributed by atoms with Gasteiger partial charge in [0.2, 0.25) is 5.91 Å². The van der Waals surface area contributed by atoms with Gasteiger partial charge in [0.05, 0.1) is 12.2 Å². The minimum Gasteiger partial charge on any atom is -0.387 e. The lowest BCUT2D eigenvalue weighted by atomic mass is 9.49. The summed E-state index contributed by atoms with van der Waals surface area (Å²) in [6.45, 7) is 7.36. The van der Waals surface area contributed by atoms with Crippen LogP contribution in [-0.2, 0) is 9.53 Å². The molecule has 0 aliphatic heterocycles. The average Bonchev–Trinajstić information content (AvgIpc) is 3.16. The van der Waals surface area contributed by atoms with Gasteiger partial charge in [-0.15, -0.1) is 0 Å². The first-order valence-corrected chi connectivity index (χ1v) is 13.6. The first-order valence-electron chi connectivity index (χ1n) is 13.6. The number of aryl methyl sites for hydroxylation is 1. The molecule has 0 bridgehead atoms. The molecule has 0 spiro atoms. The van der Waals surface area contributed by atoms with Gasteiger partial charge in [-0.25, -0.2) is 4.39 Å². The summed E-state index contributed by atoms with van der Waals surface area (Å²) in [5, 5.41) is 14.2. The van der Waals surface area contributed by atoms with Crippen LogP contribution in [-0.4, -0.2) is 29.8 Å². The van der Waals surface area contributed by atoms with Gasteiger partial charge >= 0.3 is 0 Å². The van der Waals surface area contributed by atoms with Gasteiger partial charge in [-0.05, 0) is 130 Å². The molecule has 8 atom stereocenters. The third-order valence-corrected chi connectivity index (χ3v) is 10.4. The highest BCUT2D eigenvalue weighted by Crippen LogP contribution is 2.64. The quantitative estimate of drug-likeness (QED) is 0.545. The van der Waals surface area contributed by atoms with Crippen molar-refractivity contribution in [3.63, 3.8) is 0 Å². The molecule has 4 aliphatic carbocycles. The van der Waals surface area contributed by atoms with Gasteiger partial charge in [-0.3, -0.25) is 4.79 Å². The van der Waals surface area contributed by atoms with Gasteiger partial charge in [0.25, 0.3) is 0 Å². The van der Waals surface area contributed by atoms with Crippen LogP contribution in [0, 0.1) is 53.7 Å². The molecule has 2 N–H and O–H groups in total. The number of anilines is 1. The molecule has 0 saturated heterocycles. The molecule has 1 amide bonds. The Morgan fingerprint density at radius 2 is 1.91 bits per heavy atom. The Morgan fingerprint density at radius 3 is 2.68 bits per heavy atom. The molecule has 4 saturated carbocycles. The van der Waals surface area contributed by atoms with Crippen molar-refractivity contribution in [3.05, 3.63) is 29.6 Å². The minimum atomic E-state index is -0.637. The van der Waals surface area contributed by atoms with Crippen molar-refractivity contribution < 1.29 is 19.0 Å². The normalized spacial score (nSPS) is 41.3. The van der Waals surface area contributed by atoms with Gasteiger partial charge in [0, 0.05) is 18.2 Å². The maximum atomic E-state index is 13.5. The van der Waals surface area contributed by atoms with Crippen molar-refractivity contribution in [2.45, 2.75) is 84.2 Å². The van der Waals surface area contributed by atoms with E-state index in [1.807, 2.05) is 13.8 Å². The number of hydrogen-bond acceptors (Lipinski definition) is 3. The highest BCUT2D eigenvalue weighted by Gasteiger charge is 2.59. The Kier molecular flexibility index (Phi) is 6.56. The molecule has 4 nitrogen and oxygen atoms in total. The molecule has 5 rings (SSSR count). The van der Waals surface area contributed by atoms with Crippen LogP contribution >= 0.6 is 0 Å². The van der Waals surface area contributed by atoms with Crippen LogP contribution in [0.25, 0.3) is 0 Å². The molecule has 4 fully saturated rings. The van der Waals surface area contributed by atoms with Crippen LogP contribution in [0.4, 0.5) is 10.1 Å². The Hall–Kier alpha value is -1.46. The van der Waals surface area contributed by atoms with E-state index in [4.69, 9.17) is 4.74 Å². The van der Waals surface area contributed by atoms with Crippen molar-refractivity contribution in [3.8, 4) is 0 Å². The zero-order valence-corrected chi connectivity index (χ0v) is 21.1. The van der Waals surface area contributed by atoms with E-state index < -0.39 is 5.60 Å². The number of halogens is 1.